The predicted molar refractivity (Wildman–Crippen MR) is 98.5 cm³/mol. The summed E-state index contributed by atoms with van der Waals surface area (Å²) in [4.78, 5) is 37.3. The van der Waals surface area contributed by atoms with E-state index >= 15 is 0 Å². The Hall–Kier alpha value is -2.45. The van der Waals surface area contributed by atoms with Crippen LogP contribution in [0.1, 0.15) is 13.3 Å². The van der Waals surface area contributed by atoms with Crippen LogP contribution in [0.25, 0.3) is 11.0 Å². The summed E-state index contributed by atoms with van der Waals surface area (Å²) in [5.41, 5.74) is 0.225. The van der Waals surface area contributed by atoms with Crippen molar-refractivity contribution in [1.29, 1.82) is 0 Å². The summed E-state index contributed by atoms with van der Waals surface area (Å²) in [5.74, 6) is -0.376. The lowest BCUT2D eigenvalue weighted by Gasteiger charge is -2.11. The molecule has 0 spiro atoms. The van der Waals surface area contributed by atoms with Crippen molar-refractivity contribution in [3.63, 3.8) is 0 Å². The van der Waals surface area contributed by atoms with E-state index in [0.29, 0.717) is 22.6 Å². The number of hydrogen-bond donors (Lipinski definition) is 1. The fraction of sp³-hybridized carbons (Fsp3) is 0.250. The molecule has 9 heteroatoms. The number of halogens is 1. The van der Waals surface area contributed by atoms with Crippen LogP contribution in [0.5, 0.6) is 0 Å². The van der Waals surface area contributed by atoms with Gasteiger partial charge >= 0.3 is 5.69 Å². The molecular weight excluding hydrogens is 364 g/mol. The number of amides is 1. The van der Waals surface area contributed by atoms with Gasteiger partial charge in [0.05, 0.1) is 5.52 Å². The zero-order valence-electron chi connectivity index (χ0n) is 13.4. The topological polar surface area (TPSA) is 86.0 Å². The Morgan fingerprint density at radius 2 is 1.96 bits per heavy atom. The van der Waals surface area contributed by atoms with Gasteiger partial charge < -0.3 is 5.32 Å². The second-order valence-electron chi connectivity index (χ2n) is 5.43. The Balaban J connectivity index is 1.96. The molecule has 0 bridgehead atoms. The molecule has 3 aromatic rings. The molecule has 0 saturated carbocycles. The first-order chi connectivity index (χ1) is 12.0. The summed E-state index contributed by atoms with van der Waals surface area (Å²) >= 11 is 6.90. The van der Waals surface area contributed by atoms with E-state index in [1.165, 1.54) is 4.57 Å². The lowest BCUT2D eigenvalue weighted by molar-refractivity contribution is -0.116. The maximum absolute atomic E-state index is 12.6. The number of benzene rings is 1. The van der Waals surface area contributed by atoms with Crippen molar-refractivity contribution < 1.29 is 4.79 Å². The number of carbonyl (C=O) groups excluding carboxylic acids is 1. The molecule has 0 atom stereocenters. The smallest absolute Gasteiger partial charge is 0.325 e. The normalized spacial score (nSPS) is 11.0. The Kier molecular flexibility index (Phi) is 5.00. The van der Waals surface area contributed by atoms with Gasteiger partial charge in [0.1, 0.15) is 6.54 Å². The van der Waals surface area contributed by atoms with E-state index in [0.717, 1.165) is 16.1 Å². The Labute approximate surface area is 151 Å². The second kappa shape index (κ2) is 7.20. The van der Waals surface area contributed by atoms with E-state index in [1.54, 1.807) is 29.6 Å². The molecule has 2 heterocycles. The van der Waals surface area contributed by atoms with E-state index in [-0.39, 0.29) is 24.5 Å². The van der Waals surface area contributed by atoms with Crippen LogP contribution < -0.4 is 16.6 Å². The van der Waals surface area contributed by atoms with E-state index in [9.17, 15) is 14.4 Å². The molecule has 2 aromatic heterocycles. The highest BCUT2D eigenvalue weighted by Crippen LogP contribution is 2.14. The summed E-state index contributed by atoms with van der Waals surface area (Å²) in [5, 5.41) is 4.87. The number of nitrogens with one attached hydrogen (secondary N) is 1. The number of rotatable bonds is 5. The molecule has 0 unspecified atom stereocenters. The minimum absolute atomic E-state index is 0.206. The van der Waals surface area contributed by atoms with Gasteiger partial charge in [-0.25, -0.2) is 4.79 Å². The van der Waals surface area contributed by atoms with Gasteiger partial charge in [-0.15, -0.1) is 0 Å². The molecule has 0 fully saturated rings. The van der Waals surface area contributed by atoms with Gasteiger partial charge in [-0.3, -0.25) is 18.7 Å². The molecule has 3 rings (SSSR count). The fourth-order valence-electron chi connectivity index (χ4n) is 2.49. The first-order valence-corrected chi connectivity index (χ1v) is 8.86. The van der Waals surface area contributed by atoms with Gasteiger partial charge in [0.25, 0.3) is 5.56 Å². The first kappa shape index (κ1) is 17.4. The van der Waals surface area contributed by atoms with Gasteiger partial charge in [-0.1, -0.05) is 18.5 Å². The molecule has 1 aromatic carbocycles. The zero-order valence-corrected chi connectivity index (χ0v) is 14.9. The van der Waals surface area contributed by atoms with Crippen LogP contribution in [0.4, 0.5) is 5.69 Å². The van der Waals surface area contributed by atoms with Crippen molar-refractivity contribution in [3.05, 3.63) is 55.5 Å². The molecule has 0 radical (unpaired) electrons. The Bertz CT molecular complexity index is 1040. The van der Waals surface area contributed by atoms with Crippen molar-refractivity contribution in [1.82, 2.24) is 13.5 Å². The van der Waals surface area contributed by atoms with Crippen LogP contribution in [-0.4, -0.2) is 19.4 Å². The number of anilines is 1. The molecule has 0 aliphatic rings. The second-order valence-corrected chi connectivity index (χ2v) is 6.49. The fourth-order valence-corrected chi connectivity index (χ4v) is 3.28. The lowest BCUT2D eigenvalue weighted by Crippen LogP contribution is -2.41. The molecule has 1 N–H and O–H groups in total. The van der Waals surface area contributed by atoms with Crippen LogP contribution >= 0.6 is 23.1 Å². The maximum atomic E-state index is 12.6. The number of aromatic nitrogens is 3. The molecule has 25 heavy (non-hydrogen) atoms. The highest BCUT2D eigenvalue weighted by Gasteiger charge is 2.16. The van der Waals surface area contributed by atoms with Gasteiger partial charge in [0.15, 0.2) is 5.52 Å². The van der Waals surface area contributed by atoms with Gasteiger partial charge in [-0.05, 0) is 42.2 Å². The predicted octanol–water partition coefficient (Wildman–Crippen LogP) is 2.32. The van der Waals surface area contributed by atoms with Crippen molar-refractivity contribution in [2.75, 3.05) is 5.32 Å². The van der Waals surface area contributed by atoms with Crippen molar-refractivity contribution in [3.8, 4) is 0 Å². The molecule has 0 aliphatic carbocycles. The Morgan fingerprint density at radius 3 is 2.64 bits per heavy atom. The van der Waals surface area contributed by atoms with E-state index in [4.69, 9.17) is 11.6 Å². The lowest BCUT2D eigenvalue weighted by atomic mass is 10.3. The quantitative estimate of drug-likeness (QED) is 0.738. The molecule has 0 saturated heterocycles. The summed E-state index contributed by atoms with van der Waals surface area (Å²) in [6.07, 6.45) is 0.627. The third-order valence-electron chi connectivity index (χ3n) is 3.63. The molecule has 1 amide bonds. The van der Waals surface area contributed by atoms with Crippen LogP contribution in [0.2, 0.25) is 5.02 Å². The van der Waals surface area contributed by atoms with Crippen LogP contribution in [-0.2, 0) is 17.9 Å². The highest BCUT2D eigenvalue weighted by atomic mass is 35.5. The van der Waals surface area contributed by atoms with Gasteiger partial charge in [0.2, 0.25) is 5.91 Å². The highest BCUT2D eigenvalue weighted by molar-refractivity contribution is 7.04. The number of carbonyl (C=O) groups is 1. The minimum Gasteiger partial charge on any atom is -0.325 e. The SMILES string of the molecule is CCCn1c(=O)c2nscc2n(CC(=O)Nc2ccc(Cl)cc2)c1=O. The summed E-state index contributed by atoms with van der Waals surface area (Å²) in [6, 6.07) is 6.66. The van der Waals surface area contributed by atoms with Crippen molar-refractivity contribution in [2.45, 2.75) is 26.4 Å². The molecular formula is C16H15ClN4O3S. The van der Waals surface area contributed by atoms with Crippen molar-refractivity contribution >= 4 is 45.8 Å². The number of nitrogens with zero attached hydrogens (tertiary/aromatic N) is 3. The average molecular weight is 379 g/mol. The largest absolute Gasteiger partial charge is 0.332 e. The standard InChI is InChI=1S/C16H15ClN4O3S/c1-2-7-20-15(23)14-12(9-25-19-14)21(16(20)24)8-13(22)18-11-5-3-10(17)4-6-11/h3-6,9H,2,7-8H2,1H3,(H,18,22). The third kappa shape index (κ3) is 3.49. The monoisotopic (exact) mass is 378 g/mol. The minimum atomic E-state index is -0.509. The number of hydrogen-bond acceptors (Lipinski definition) is 5. The third-order valence-corrected chi connectivity index (χ3v) is 4.50. The molecule has 130 valence electrons. The van der Waals surface area contributed by atoms with Gasteiger partial charge in [0, 0.05) is 22.6 Å². The first-order valence-electron chi connectivity index (χ1n) is 7.64. The van der Waals surface area contributed by atoms with Crippen LogP contribution in [0.15, 0.2) is 39.2 Å². The molecule has 0 aliphatic heterocycles. The zero-order chi connectivity index (χ0) is 18.0. The van der Waals surface area contributed by atoms with Crippen LogP contribution in [0.3, 0.4) is 0 Å². The number of fused-ring (bicyclic) bond motifs is 1. The van der Waals surface area contributed by atoms with Crippen LogP contribution in [0, 0.1) is 0 Å². The average Bonchev–Trinajstić information content (AvgIpc) is 3.07. The van der Waals surface area contributed by atoms with E-state index < -0.39 is 11.2 Å². The van der Waals surface area contributed by atoms with E-state index in [2.05, 4.69) is 9.69 Å². The summed E-state index contributed by atoms with van der Waals surface area (Å²) in [6.45, 7) is 1.94. The summed E-state index contributed by atoms with van der Waals surface area (Å²) < 4.78 is 6.47. The maximum Gasteiger partial charge on any atom is 0.332 e. The molecule has 7 nitrogen and oxygen atoms in total. The van der Waals surface area contributed by atoms with E-state index in [1.807, 2.05) is 6.92 Å². The summed E-state index contributed by atoms with van der Waals surface area (Å²) in [7, 11) is 0. The van der Waals surface area contributed by atoms with Gasteiger partial charge in [-0.2, -0.15) is 4.37 Å². The Morgan fingerprint density at radius 1 is 1.24 bits per heavy atom. The van der Waals surface area contributed by atoms with Crippen molar-refractivity contribution in [2.24, 2.45) is 0 Å².